The lowest BCUT2D eigenvalue weighted by molar-refractivity contribution is 0.00254. The quantitative estimate of drug-likeness (QED) is 0.265. The smallest absolute Gasteiger partial charge is 0.217 e. The van der Waals surface area contributed by atoms with Gasteiger partial charge in [-0.1, -0.05) is 0 Å². The van der Waals surface area contributed by atoms with Crippen LogP contribution in [0.1, 0.15) is 34.6 Å². The van der Waals surface area contributed by atoms with Crippen molar-refractivity contribution in [2.75, 3.05) is 56.2 Å². The van der Waals surface area contributed by atoms with Crippen molar-refractivity contribution in [2.24, 2.45) is 0 Å². The molecular weight excluding hydrogens is 538 g/mol. The van der Waals surface area contributed by atoms with E-state index in [9.17, 15) is 10.4 Å². The molecule has 0 saturated heterocycles. The van der Waals surface area contributed by atoms with E-state index in [1.165, 1.54) is 28.4 Å². The van der Waals surface area contributed by atoms with Crippen LogP contribution in [0.5, 0.6) is 29.3 Å². The number of nitrogens with zero attached hydrogens (tertiary/aromatic N) is 5. The second kappa shape index (κ2) is 12.9. The molecule has 1 aromatic carbocycles. The lowest BCUT2D eigenvalue weighted by atomic mass is 9.72. The molecule has 0 spiro atoms. The molecule has 3 aromatic heterocycles. The van der Waals surface area contributed by atoms with Crippen LogP contribution < -0.4 is 23.7 Å². The predicted molar refractivity (Wildman–Crippen MR) is 157 cm³/mol. The third-order valence-corrected chi connectivity index (χ3v) is 7.15. The summed E-state index contributed by atoms with van der Waals surface area (Å²) in [6.45, 7) is 0.502. The van der Waals surface area contributed by atoms with E-state index in [0.717, 1.165) is 0 Å². The summed E-state index contributed by atoms with van der Waals surface area (Å²) in [6.07, 6.45) is 1.80. The Kier molecular flexibility index (Phi) is 9.30. The van der Waals surface area contributed by atoms with E-state index in [4.69, 9.17) is 28.7 Å². The minimum atomic E-state index is -1.65. The summed E-state index contributed by atoms with van der Waals surface area (Å²) in [5.74, 6) is 0.705. The topological polar surface area (TPSA) is 132 Å². The molecule has 4 aromatic rings. The minimum absolute atomic E-state index is 0.251. The van der Waals surface area contributed by atoms with E-state index in [-0.39, 0.29) is 24.1 Å². The number of rotatable bonds is 12. The van der Waals surface area contributed by atoms with Crippen LogP contribution in [0.15, 0.2) is 48.7 Å². The molecule has 11 heteroatoms. The molecule has 11 nitrogen and oxygen atoms in total. The fourth-order valence-electron chi connectivity index (χ4n) is 5.02. The lowest BCUT2D eigenvalue weighted by Gasteiger charge is -2.39. The summed E-state index contributed by atoms with van der Waals surface area (Å²) in [6, 6.07) is 14.4. The average Bonchev–Trinajstić information content (AvgIpc) is 3.02. The summed E-state index contributed by atoms with van der Waals surface area (Å²) in [5, 5.41) is 23.4. The fraction of sp³-hybridized carbons (Fsp3) is 0.355. The minimum Gasteiger partial charge on any atom is -0.495 e. The third-order valence-electron chi connectivity index (χ3n) is 7.15. The normalized spacial score (nSPS) is 13.2. The number of aromatic nitrogens is 3. The highest BCUT2D eigenvalue weighted by atomic mass is 16.5. The van der Waals surface area contributed by atoms with Crippen molar-refractivity contribution in [3.05, 3.63) is 70.9 Å². The largest absolute Gasteiger partial charge is 0.495 e. The van der Waals surface area contributed by atoms with Gasteiger partial charge in [-0.3, -0.25) is 0 Å². The van der Waals surface area contributed by atoms with Gasteiger partial charge in [0.05, 0.1) is 64.8 Å². The van der Waals surface area contributed by atoms with Gasteiger partial charge in [0.1, 0.15) is 11.4 Å². The summed E-state index contributed by atoms with van der Waals surface area (Å²) in [5.41, 5.74) is 1.02. The van der Waals surface area contributed by atoms with Crippen molar-refractivity contribution in [2.45, 2.75) is 17.9 Å². The molecule has 0 aliphatic carbocycles. The molecular formula is C31H35N5O6. The lowest BCUT2D eigenvalue weighted by Crippen LogP contribution is -2.38. The molecule has 0 saturated carbocycles. The number of pyridine rings is 3. The number of hydrogen-bond donors (Lipinski definition) is 1. The summed E-state index contributed by atoms with van der Waals surface area (Å²) < 4.78 is 28.1. The summed E-state index contributed by atoms with van der Waals surface area (Å²) >= 11 is 0. The van der Waals surface area contributed by atoms with Crippen LogP contribution in [-0.4, -0.2) is 81.1 Å². The van der Waals surface area contributed by atoms with Crippen molar-refractivity contribution < 1.29 is 28.8 Å². The summed E-state index contributed by atoms with van der Waals surface area (Å²) in [4.78, 5) is 15.6. The molecule has 0 bridgehead atoms. The van der Waals surface area contributed by atoms with E-state index in [1.54, 1.807) is 49.7 Å². The highest BCUT2D eigenvalue weighted by molar-refractivity contribution is 5.82. The molecule has 0 amide bonds. The van der Waals surface area contributed by atoms with Crippen LogP contribution >= 0.6 is 0 Å². The van der Waals surface area contributed by atoms with Gasteiger partial charge in [0, 0.05) is 35.2 Å². The first-order valence-corrected chi connectivity index (χ1v) is 13.2. The Morgan fingerprint density at radius 1 is 0.857 bits per heavy atom. The van der Waals surface area contributed by atoms with Crippen LogP contribution in [0.2, 0.25) is 0 Å². The zero-order valence-electron chi connectivity index (χ0n) is 24.8. The first-order valence-electron chi connectivity index (χ1n) is 13.2. The number of hydrogen-bond acceptors (Lipinski definition) is 11. The van der Waals surface area contributed by atoms with Crippen LogP contribution in [0.3, 0.4) is 0 Å². The fourth-order valence-corrected chi connectivity index (χ4v) is 5.02. The number of ether oxygens (including phenoxy) is 5. The van der Waals surface area contributed by atoms with E-state index in [1.807, 2.05) is 25.1 Å². The maximum absolute atomic E-state index is 13.1. The first-order chi connectivity index (χ1) is 20.2. The highest BCUT2D eigenvalue weighted by Gasteiger charge is 2.45. The molecule has 2 unspecified atom stereocenters. The van der Waals surface area contributed by atoms with Crippen LogP contribution in [0.4, 0.5) is 0 Å². The van der Waals surface area contributed by atoms with Crippen LogP contribution in [-0.2, 0) is 5.60 Å². The van der Waals surface area contributed by atoms with E-state index < -0.39 is 11.5 Å². The molecule has 220 valence electrons. The van der Waals surface area contributed by atoms with Gasteiger partial charge in [0.2, 0.25) is 23.5 Å². The number of aliphatic hydroxyl groups is 1. The average molecular weight is 574 g/mol. The van der Waals surface area contributed by atoms with Gasteiger partial charge in [0.25, 0.3) is 0 Å². The standard InChI is InChI=1S/C31H35N5O6/c1-36(2)11-10-31(37,21-14-26(39-4)35-27(15-21)40-5)28(24-16-22(38-3)18-33-29(24)41-6)23-13-20-12-19(17-32)8-9-25(20)34-30(23)42-7/h8-9,12-16,18,28,37H,10-11H2,1-7H3. The van der Waals surface area contributed by atoms with Gasteiger partial charge in [-0.25, -0.2) is 9.97 Å². The van der Waals surface area contributed by atoms with Crippen molar-refractivity contribution in [3.63, 3.8) is 0 Å². The van der Waals surface area contributed by atoms with Crippen molar-refractivity contribution in [3.8, 4) is 35.3 Å². The molecule has 42 heavy (non-hydrogen) atoms. The summed E-state index contributed by atoms with van der Waals surface area (Å²) in [7, 11) is 11.4. The second-order valence-electron chi connectivity index (χ2n) is 9.93. The van der Waals surface area contributed by atoms with Crippen LogP contribution in [0, 0.1) is 11.3 Å². The van der Waals surface area contributed by atoms with Crippen molar-refractivity contribution in [1.29, 1.82) is 5.26 Å². The monoisotopic (exact) mass is 573 g/mol. The maximum atomic E-state index is 13.1. The second-order valence-corrected chi connectivity index (χ2v) is 9.93. The molecule has 0 radical (unpaired) electrons. The Hall–Kier alpha value is -4.66. The SMILES string of the molecule is COc1cnc(OC)c(C(c2cc3cc(C#N)ccc3nc2OC)C(O)(CCN(C)C)c2cc(OC)nc(OC)c2)c1. The van der Waals surface area contributed by atoms with E-state index >= 15 is 0 Å². The molecule has 1 N–H and O–H groups in total. The number of fused-ring (bicyclic) bond motifs is 1. The van der Waals surface area contributed by atoms with Crippen LogP contribution in [0.25, 0.3) is 10.9 Å². The van der Waals surface area contributed by atoms with E-state index in [2.05, 4.69) is 16.0 Å². The molecule has 2 atom stereocenters. The Morgan fingerprint density at radius 3 is 2.10 bits per heavy atom. The number of methoxy groups -OCH3 is 5. The zero-order valence-corrected chi connectivity index (χ0v) is 24.8. The highest BCUT2D eigenvalue weighted by Crippen LogP contribution is 2.50. The molecule has 0 fully saturated rings. The van der Waals surface area contributed by atoms with Gasteiger partial charge in [0.15, 0.2) is 0 Å². The predicted octanol–water partition coefficient (Wildman–Crippen LogP) is 3.91. The molecule has 3 heterocycles. The third kappa shape index (κ3) is 6.00. The van der Waals surface area contributed by atoms with Gasteiger partial charge in [-0.05, 0) is 56.4 Å². The van der Waals surface area contributed by atoms with E-state index in [0.29, 0.717) is 51.3 Å². The van der Waals surface area contributed by atoms with Gasteiger partial charge in [-0.2, -0.15) is 10.2 Å². The zero-order chi connectivity index (χ0) is 30.4. The number of benzene rings is 1. The molecule has 4 rings (SSSR count). The Labute approximate surface area is 245 Å². The first kappa shape index (κ1) is 30.3. The van der Waals surface area contributed by atoms with Gasteiger partial charge in [-0.15, -0.1) is 0 Å². The Morgan fingerprint density at radius 2 is 1.52 bits per heavy atom. The Balaban J connectivity index is 2.15. The van der Waals surface area contributed by atoms with Crippen molar-refractivity contribution in [1.82, 2.24) is 19.9 Å². The van der Waals surface area contributed by atoms with Gasteiger partial charge >= 0.3 is 0 Å². The molecule has 0 aliphatic heterocycles. The number of nitriles is 1. The molecule has 0 aliphatic rings. The van der Waals surface area contributed by atoms with Gasteiger partial charge < -0.3 is 33.7 Å². The van der Waals surface area contributed by atoms with Crippen molar-refractivity contribution >= 4 is 10.9 Å². The maximum Gasteiger partial charge on any atom is 0.217 e. The Bertz CT molecular complexity index is 1580.